The average Bonchev–Trinajstić information content (AvgIpc) is 2.44. The number of fused-ring (bicyclic) bond motifs is 3. The third kappa shape index (κ3) is 2.64. The van der Waals surface area contributed by atoms with Crippen molar-refractivity contribution in [3.8, 4) is 0 Å². The first kappa shape index (κ1) is 14.0. The number of nitrogens with zero attached hydrogens (tertiary/aromatic N) is 1. The topological polar surface area (TPSA) is 12.9 Å². The van der Waals surface area contributed by atoms with Crippen LogP contribution in [0.5, 0.6) is 0 Å². The number of rotatable bonds is 3. The van der Waals surface area contributed by atoms with Crippen LogP contribution in [0.4, 0.5) is 0 Å². The minimum Gasteiger partial charge on any atom is -0.256 e. The number of hydrogen-bond acceptors (Lipinski definition) is 1. The molecule has 0 spiro atoms. The van der Waals surface area contributed by atoms with Gasteiger partial charge in [-0.05, 0) is 41.3 Å². The molecular formula is C17H18BrN. The van der Waals surface area contributed by atoms with E-state index in [1.807, 2.05) is 6.20 Å². The number of aryl methyl sites for hydroxylation is 1. The van der Waals surface area contributed by atoms with Gasteiger partial charge in [0.1, 0.15) is 0 Å². The lowest BCUT2D eigenvalue weighted by Gasteiger charge is -2.08. The number of aromatic nitrogens is 1. The molecule has 0 fully saturated rings. The Balaban J connectivity index is 0.00000133. The zero-order chi connectivity index (χ0) is 12.4. The second kappa shape index (κ2) is 6.16. The maximum atomic E-state index is 4.50. The van der Waals surface area contributed by atoms with Gasteiger partial charge in [0.05, 0.1) is 5.52 Å². The molecule has 0 bridgehead atoms. The molecule has 19 heavy (non-hydrogen) atoms. The fraction of sp³-hybridized carbons (Fsp3) is 0.235. The number of pyridine rings is 1. The Hall–Kier alpha value is -1.41. The van der Waals surface area contributed by atoms with Crippen LogP contribution in [0.25, 0.3) is 21.7 Å². The van der Waals surface area contributed by atoms with Gasteiger partial charge in [-0.3, -0.25) is 4.98 Å². The predicted molar refractivity (Wildman–Crippen MR) is 88.2 cm³/mol. The van der Waals surface area contributed by atoms with E-state index in [0.29, 0.717) is 0 Å². The summed E-state index contributed by atoms with van der Waals surface area (Å²) < 4.78 is 0. The first-order chi connectivity index (χ1) is 8.90. The first-order valence-electron chi connectivity index (χ1n) is 6.65. The summed E-state index contributed by atoms with van der Waals surface area (Å²) in [5.74, 6) is 0. The van der Waals surface area contributed by atoms with E-state index in [1.54, 1.807) is 0 Å². The summed E-state index contributed by atoms with van der Waals surface area (Å²) in [4.78, 5) is 4.50. The van der Waals surface area contributed by atoms with Crippen molar-refractivity contribution in [1.29, 1.82) is 0 Å². The van der Waals surface area contributed by atoms with Crippen LogP contribution in [0, 0.1) is 0 Å². The minimum absolute atomic E-state index is 0. The molecule has 0 aliphatic carbocycles. The van der Waals surface area contributed by atoms with Crippen molar-refractivity contribution in [2.45, 2.75) is 26.2 Å². The molecule has 0 aliphatic rings. The van der Waals surface area contributed by atoms with Crippen LogP contribution in [0.1, 0.15) is 25.3 Å². The molecule has 1 aromatic heterocycles. The van der Waals surface area contributed by atoms with Gasteiger partial charge in [0.15, 0.2) is 0 Å². The standard InChI is InChI=1S/C17H17N.BrH/c1-2-3-6-14-11-12-18-16-10-9-13-7-4-5-8-15(13)17(14)16;/h4-5,7-12H,2-3,6H2,1H3;1H. The van der Waals surface area contributed by atoms with Gasteiger partial charge in [0.25, 0.3) is 0 Å². The lowest BCUT2D eigenvalue weighted by atomic mass is 9.98. The normalized spacial score (nSPS) is 10.6. The summed E-state index contributed by atoms with van der Waals surface area (Å²) in [6.07, 6.45) is 5.54. The summed E-state index contributed by atoms with van der Waals surface area (Å²) in [5.41, 5.74) is 2.54. The number of unbranched alkanes of at least 4 members (excludes halogenated alkanes) is 1. The van der Waals surface area contributed by atoms with E-state index < -0.39 is 0 Å². The zero-order valence-electron chi connectivity index (χ0n) is 11.1. The van der Waals surface area contributed by atoms with Crippen molar-refractivity contribution in [2.24, 2.45) is 0 Å². The maximum Gasteiger partial charge on any atom is 0.0711 e. The van der Waals surface area contributed by atoms with Gasteiger partial charge in [-0.1, -0.05) is 43.7 Å². The molecule has 0 N–H and O–H groups in total. The molecular weight excluding hydrogens is 298 g/mol. The lowest BCUT2D eigenvalue weighted by molar-refractivity contribution is 0.798. The molecule has 0 atom stereocenters. The highest BCUT2D eigenvalue weighted by Gasteiger charge is 2.05. The second-order valence-electron chi connectivity index (χ2n) is 4.75. The summed E-state index contributed by atoms with van der Waals surface area (Å²) in [5, 5.41) is 3.97. The van der Waals surface area contributed by atoms with Gasteiger partial charge in [0, 0.05) is 11.6 Å². The van der Waals surface area contributed by atoms with Crippen molar-refractivity contribution in [2.75, 3.05) is 0 Å². The summed E-state index contributed by atoms with van der Waals surface area (Å²) >= 11 is 0. The van der Waals surface area contributed by atoms with E-state index in [1.165, 1.54) is 34.6 Å². The van der Waals surface area contributed by atoms with E-state index in [0.717, 1.165) is 11.9 Å². The molecule has 2 aromatic carbocycles. The second-order valence-corrected chi connectivity index (χ2v) is 4.75. The smallest absolute Gasteiger partial charge is 0.0711 e. The molecule has 0 aliphatic heterocycles. The Morgan fingerprint density at radius 1 is 1.00 bits per heavy atom. The maximum absolute atomic E-state index is 4.50. The van der Waals surface area contributed by atoms with Crippen molar-refractivity contribution in [1.82, 2.24) is 4.98 Å². The number of benzene rings is 2. The Kier molecular flexibility index (Phi) is 4.54. The fourth-order valence-corrected chi connectivity index (χ4v) is 2.57. The molecule has 3 aromatic rings. The summed E-state index contributed by atoms with van der Waals surface area (Å²) in [6, 6.07) is 15.0. The molecule has 0 saturated carbocycles. The van der Waals surface area contributed by atoms with Gasteiger partial charge in [-0.15, -0.1) is 17.0 Å². The largest absolute Gasteiger partial charge is 0.256 e. The predicted octanol–water partition coefficient (Wildman–Crippen LogP) is 5.31. The Morgan fingerprint density at radius 3 is 2.68 bits per heavy atom. The SMILES string of the molecule is Br.CCCCc1ccnc2ccc3ccccc3c12. The molecule has 98 valence electrons. The van der Waals surface area contributed by atoms with Crippen LogP contribution in [-0.4, -0.2) is 4.98 Å². The molecule has 0 radical (unpaired) electrons. The van der Waals surface area contributed by atoms with Gasteiger partial charge in [-0.2, -0.15) is 0 Å². The molecule has 1 nitrogen and oxygen atoms in total. The zero-order valence-corrected chi connectivity index (χ0v) is 12.8. The van der Waals surface area contributed by atoms with E-state index >= 15 is 0 Å². The molecule has 3 rings (SSSR count). The van der Waals surface area contributed by atoms with E-state index in [9.17, 15) is 0 Å². The van der Waals surface area contributed by atoms with E-state index in [-0.39, 0.29) is 17.0 Å². The highest BCUT2D eigenvalue weighted by atomic mass is 79.9. The highest BCUT2D eigenvalue weighted by molar-refractivity contribution is 8.93. The van der Waals surface area contributed by atoms with Crippen LogP contribution in [0.2, 0.25) is 0 Å². The number of hydrogen-bond donors (Lipinski definition) is 0. The number of halogens is 1. The van der Waals surface area contributed by atoms with Crippen molar-refractivity contribution < 1.29 is 0 Å². The quantitative estimate of drug-likeness (QED) is 0.597. The van der Waals surface area contributed by atoms with Gasteiger partial charge in [-0.25, -0.2) is 0 Å². The summed E-state index contributed by atoms with van der Waals surface area (Å²) in [6.45, 7) is 2.24. The van der Waals surface area contributed by atoms with Crippen molar-refractivity contribution in [3.63, 3.8) is 0 Å². The Morgan fingerprint density at radius 2 is 1.84 bits per heavy atom. The van der Waals surface area contributed by atoms with Crippen LogP contribution >= 0.6 is 17.0 Å². The average molecular weight is 316 g/mol. The Labute approximate surface area is 124 Å². The monoisotopic (exact) mass is 315 g/mol. The third-order valence-corrected chi connectivity index (χ3v) is 3.52. The van der Waals surface area contributed by atoms with Gasteiger partial charge < -0.3 is 0 Å². The van der Waals surface area contributed by atoms with E-state index in [2.05, 4.69) is 54.4 Å². The third-order valence-electron chi connectivity index (χ3n) is 3.52. The molecule has 0 saturated heterocycles. The Bertz CT molecular complexity index is 691. The van der Waals surface area contributed by atoms with E-state index in [4.69, 9.17) is 0 Å². The lowest BCUT2D eigenvalue weighted by Crippen LogP contribution is -1.90. The summed E-state index contributed by atoms with van der Waals surface area (Å²) in [7, 11) is 0. The van der Waals surface area contributed by atoms with Crippen molar-refractivity contribution >= 4 is 38.7 Å². The van der Waals surface area contributed by atoms with Crippen molar-refractivity contribution in [3.05, 3.63) is 54.2 Å². The van der Waals surface area contributed by atoms with Gasteiger partial charge >= 0.3 is 0 Å². The molecule has 2 heteroatoms. The molecule has 0 amide bonds. The molecule has 1 heterocycles. The first-order valence-corrected chi connectivity index (χ1v) is 6.65. The van der Waals surface area contributed by atoms with Crippen LogP contribution in [0.3, 0.4) is 0 Å². The van der Waals surface area contributed by atoms with Crippen LogP contribution in [-0.2, 0) is 6.42 Å². The minimum atomic E-state index is 0. The molecule has 0 unspecified atom stereocenters. The van der Waals surface area contributed by atoms with Crippen LogP contribution < -0.4 is 0 Å². The highest BCUT2D eigenvalue weighted by Crippen LogP contribution is 2.27. The van der Waals surface area contributed by atoms with Crippen LogP contribution in [0.15, 0.2) is 48.7 Å². The van der Waals surface area contributed by atoms with Gasteiger partial charge in [0.2, 0.25) is 0 Å². The fourth-order valence-electron chi connectivity index (χ4n) is 2.57.